The first-order chi connectivity index (χ1) is 9.78. The average Bonchev–Trinajstić information content (AvgIpc) is 2.39. The lowest BCUT2D eigenvalue weighted by atomic mass is 9.78. The van der Waals surface area contributed by atoms with E-state index in [0.29, 0.717) is 6.10 Å². The lowest BCUT2D eigenvalue weighted by Gasteiger charge is -2.44. The number of nitrogens with one attached hydrogen (secondary N) is 1. The molecule has 0 aromatic rings. The van der Waals surface area contributed by atoms with Gasteiger partial charge in [-0.15, -0.1) is 0 Å². The first-order valence-electron chi connectivity index (χ1n) is 9.21. The van der Waals surface area contributed by atoms with Crippen LogP contribution >= 0.6 is 0 Å². The monoisotopic (exact) mass is 295 g/mol. The summed E-state index contributed by atoms with van der Waals surface area (Å²) in [5.41, 5.74) is 0.279. The summed E-state index contributed by atoms with van der Waals surface area (Å²) < 4.78 is 6.77. The van der Waals surface area contributed by atoms with E-state index in [1.54, 1.807) is 0 Å². The number of ether oxygens (including phenoxy) is 1. The molecule has 2 aliphatic carbocycles. The van der Waals surface area contributed by atoms with E-state index in [1.165, 1.54) is 51.4 Å². The second-order valence-electron chi connectivity index (χ2n) is 8.98. The number of rotatable bonds is 4. The van der Waals surface area contributed by atoms with Gasteiger partial charge in [-0.3, -0.25) is 0 Å². The van der Waals surface area contributed by atoms with Crippen LogP contribution in [0, 0.1) is 11.8 Å². The summed E-state index contributed by atoms with van der Waals surface area (Å²) in [5.74, 6) is 1.72. The Morgan fingerprint density at radius 1 is 1.00 bits per heavy atom. The van der Waals surface area contributed by atoms with Gasteiger partial charge in [0.1, 0.15) is 0 Å². The molecule has 0 aromatic heterocycles. The summed E-state index contributed by atoms with van der Waals surface area (Å²) in [6.45, 7) is 12.6. The zero-order chi connectivity index (χ0) is 15.5. The quantitative estimate of drug-likeness (QED) is 0.795. The van der Waals surface area contributed by atoms with E-state index in [4.69, 9.17) is 4.74 Å². The first kappa shape index (κ1) is 17.3. The molecule has 0 radical (unpaired) electrons. The van der Waals surface area contributed by atoms with Crippen LogP contribution in [0.4, 0.5) is 0 Å². The largest absolute Gasteiger partial charge is 0.370 e. The molecule has 2 unspecified atom stereocenters. The Kier molecular flexibility index (Phi) is 5.76. The van der Waals surface area contributed by atoms with Crippen LogP contribution in [0.15, 0.2) is 0 Å². The van der Waals surface area contributed by atoms with E-state index < -0.39 is 0 Å². The van der Waals surface area contributed by atoms with Crippen LogP contribution in [0.5, 0.6) is 0 Å². The molecule has 0 saturated heterocycles. The molecule has 0 aliphatic heterocycles. The molecule has 2 rings (SSSR count). The highest BCUT2D eigenvalue weighted by Crippen LogP contribution is 2.38. The Bertz CT molecular complexity index is 312. The first-order valence-corrected chi connectivity index (χ1v) is 9.21. The van der Waals surface area contributed by atoms with Gasteiger partial charge in [0.2, 0.25) is 0 Å². The maximum Gasteiger partial charge on any atom is 0.0810 e. The zero-order valence-electron chi connectivity index (χ0n) is 15.0. The van der Waals surface area contributed by atoms with Crippen LogP contribution < -0.4 is 5.32 Å². The molecular weight excluding hydrogens is 258 g/mol. The number of hydrogen-bond donors (Lipinski definition) is 1. The summed E-state index contributed by atoms with van der Waals surface area (Å²) in [4.78, 5) is 0. The molecule has 0 heterocycles. The molecule has 2 heteroatoms. The van der Waals surface area contributed by atoms with Gasteiger partial charge in [-0.05, 0) is 71.1 Å². The van der Waals surface area contributed by atoms with E-state index >= 15 is 0 Å². The SMILES string of the molecule is CC1CCC(CNC(C)(C)C)(OC2CCCC(C)C2)CC1. The second kappa shape index (κ2) is 7.00. The molecule has 2 saturated carbocycles. The van der Waals surface area contributed by atoms with Crippen molar-refractivity contribution in [2.24, 2.45) is 11.8 Å². The van der Waals surface area contributed by atoms with Crippen LogP contribution in [-0.4, -0.2) is 23.8 Å². The minimum absolute atomic E-state index is 0.0987. The van der Waals surface area contributed by atoms with E-state index in [2.05, 4.69) is 39.9 Å². The molecule has 2 nitrogen and oxygen atoms in total. The smallest absolute Gasteiger partial charge is 0.0810 e. The van der Waals surface area contributed by atoms with Crippen LogP contribution in [0.2, 0.25) is 0 Å². The van der Waals surface area contributed by atoms with E-state index in [1.807, 2.05) is 0 Å². The lowest BCUT2D eigenvalue weighted by Crippen LogP contribution is -2.52. The van der Waals surface area contributed by atoms with Crippen LogP contribution in [0.3, 0.4) is 0 Å². The summed E-state index contributed by atoms with van der Waals surface area (Å²) >= 11 is 0. The standard InChI is InChI=1S/C19H37NO/c1-15-9-11-19(12-10-15,14-20-18(3,4)5)21-17-8-6-7-16(2)13-17/h15-17,20H,6-14H2,1-5H3. The molecule has 2 aliphatic rings. The van der Waals surface area contributed by atoms with Crippen molar-refractivity contribution in [3.8, 4) is 0 Å². The van der Waals surface area contributed by atoms with Gasteiger partial charge in [0.15, 0.2) is 0 Å². The van der Waals surface area contributed by atoms with Gasteiger partial charge in [0, 0.05) is 12.1 Å². The fraction of sp³-hybridized carbons (Fsp3) is 1.00. The van der Waals surface area contributed by atoms with Crippen LogP contribution in [0.1, 0.15) is 86.0 Å². The van der Waals surface area contributed by atoms with Crippen molar-refractivity contribution in [1.29, 1.82) is 0 Å². The molecule has 1 N–H and O–H groups in total. The van der Waals surface area contributed by atoms with E-state index in [0.717, 1.165) is 18.4 Å². The molecule has 2 fully saturated rings. The number of hydrogen-bond acceptors (Lipinski definition) is 2. The average molecular weight is 296 g/mol. The zero-order valence-corrected chi connectivity index (χ0v) is 15.0. The topological polar surface area (TPSA) is 21.3 Å². The summed E-state index contributed by atoms with van der Waals surface area (Å²) in [6.07, 6.45) is 10.9. The fourth-order valence-electron chi connectivity index (χ4n) is 3.89. The molecule has 0 bridgehead atoms. The van der Waals surface area contributed by atoms with E-state index in [-0.39, 0.29) is 11.1 Å². The van der Waals surface area contributed by atoms with Gasteiger partial charge < -0.3 is 10.1 Å². The highest BCUT2D eigenvalue weighted by Gasteiger charge is 2.38. The van der Waals surface area contributed by atoms with Gasteiger partial charge in [-0.2, -0.15) is 0 Å². The van der Waals surface area contributed by atoms with Crippen molar-refractivity contribution in [2.45, 2.75) is 103 Å². The van der Waals surface area contributed by atoms with Crippen LogP contribution in [-0.2, 0) is 4.74 Å². The molecule has 0 spiro atoms. The fourth-order valence-corrected chi connectivity index (χ4v) is 3.89. The van der Waals surface area contributed by atoms with Crippen LogP contribution in [0.25, 0.3) is 0 Å². The van der Waals surface area contributed by atoms with Crippen molar-refractivity contribution in [1.82, 2.24) is 5.32 Å². The molecule has 0 amide bonds. The van der Waals surface area contributed by atoms with Crippen molar-refractivity contribution in [3.05, 3.63) is 0 Å². The highest BCUT2D eigenvalue weighted by atomic mass is 16.5. The summed E-state index contributed by atoms with van der Waals surface area (Å²) in [6, 6.07) is 0. The summed E-state index contributed by atoms with van der Waals surface area (Å²) in [7, 11) is 0. The Morgan fingerprint density at radius 2 is 1.67 bits per heavy atom. The third-order valence-electron chi connectivity index (χ3n) is 5.43. The maximum atomic E-state index is 6.77. The predicted molar refractivity (Wildman–Crippen MR) is 90.6 cm³/mol. The van der Waals surface area contributed by atoms with E-state index in [9.17, 15) is 0 Å². The third-order valence-corrected chi connectivity index (χ3v) is 5.43. The maximum absolute atomic E-state index is 6.77. The molecule has 124 valence electrons. The van der Waals surface area contributed by atoms with Gasteiger partial charge in [0.05, 0.1) is 11.7 Å². The predicted octanol–water partition coefficient (Wildman–Crippen LogP) is 4.92. The van der Waals surface area contributed by atoms with Crippen molar-refractivity contribution >= 4 is 0 Å². The van der Waals surface area contributed by atoms with Gasteiger partial charge in [-0.25, -0.2) is 0 Å². The molecular formula is C19H37NO. The van der Waals surface area contributed by atoms with Crippen molar-refractivity contribution in [2.75, 3.05) is 6.54 Å². The Labute approximate surface area is 132 Å². The minimum atomic E-state index is 0.0987. The normalized spacial score (nSPS) is 38.4. The minimum Gasteiger partial charge on any atom is -0.370 e. The molecule has 0 aromatic carbocycles. The van der Waals surface area contributed by atoms with Gasteiger partial charge in [0.25, 0.3) is 0 Å². The van der Waals surface area contributed by atoms with Gasteiger partial charge in [-0.1, -0.05) is 26.7 Å². The second-order valence-corrected chi connectivity index (χ2v) is 8.98. The molecule has 2 atom stereocenters. The Hall–Kier alpha value is -0.0800. The highest BCUT2D eigenvalue weighted by molar-refractivity contribution is 4.92. The van der Waals surface area contributed by atoms with Crippen molar-refractivity contribution < 1.29 is 4.74 Å². The molecule has 21 heavy (non-hydrogen) atoms. The van der Waals surface area contributed by atoms with Crippen molar-refractivity contribution in [3.63, 3.8) is 0 Å². The van der Waals surface area contributed by atoms with Gasteiger partial charge >= 0.3 is 0 Å². The lowest BCUT2D eigenvalue weighted by molar-refractivity contribution is -0.132. The summed E-state index contributed by atoms with van der Waals surface area (Å²) in [5, 5.41) is 3.72. The Balaban J connectivity index is 1.97. The third kappa shape index (κ3) is 5.56. The Morgan fingerprint density at radius 3 is 2.24 bits per heavy atom.